The predicted molar refractivity (Wildman–Crippen MR) is 85.2 cm³/mol. The van der Waals surface area contributed by atoms with Crippen molar-refractivity contribution in [2.45, 2.75) is 25.5 Å². The van der Waals surface area contributed by atoms with E-state index in [0.29, 0.717) is 11.5 Å². The molecule has 1 unspecified atom stereocenters. The molecule has 2 N–H and O–H groups in total. The van der Waals surface area contributed by atoms with Crippen LogP contribution in [-0.4, -0.2) is 48.4 Å². The Balaban J connectivity index is 2.57. The highest BCUT2D eigenvalue weighted by atomic mass is 31.2. The Morgan fingerprint density at radius 1 is 1.33 bits per heavy atom. The average molecular weight is 312 g/mol. The summed E-state index contributed by atoms with van der Waals surface area (Å²) >= 11 is 0. The van der Waals surface area contributed by atoms with E-state index >= 15 is 0 Å². The molecule has 0 spiro atoms. The van der Waals surface area contributed by atoms with Crippen molar-refractivity contribution in [2.24, 2.45) is 0 Å². The van der Waals surface area contributed by atoms with Gasteiger partial charge in [-0.15, -0.1) is 0 Å². The van der Waals surface area contributed by atoms with E-state index < -0.39 is 13.0 Å². The zero-order chi connectivity index (χ0) is 15.9. The first kappa shape index (κ1) is 17.9. The van der Waals surface area contributed by atoms with Crippen molar-refractivity contribution in [3.63, 3.8) is 0 Å². The van der Waals surface area contributed by atoms with Gasteiger partial charge in [-0.1, -0.05) is 30.3 Å². The van der Waals surface area contributed by atoms with Gasteiger partial charge in [0.2, 0.25) is 0 Å². The summed E-state index contributed by atoms with van der Waals surface area (Å²) in [5.74, 6) is -0.637. The van der Waals surface area contributed by atoms with Crippen molar-refractivity contribution in [3.8, 4) is 0 Å². The van der Waals surface area contributed by atoms with Gasteiger partial charge < -0.3 is 4.57 Å². The second kappa shape index (κ2) is 8.32. The van der Waals surface area contributed by atoms with Crippen LogP contribution in [0.5, 0.6) is 0 Å². The third-order valence-electron chi connectivity index (χ3n) is 3.38. The molecule has 0 saturated carbocycles. The third kappa shape index (κ3) is 6.42. The van der Waals surface area contributed by atoms with Gasteiger partial charge in [-0.05, 0) is 38.7 Å². The fraction of sp³-hybridized carbons (Fsp3) is 0.533. The Hall–Kier alpha value is -1.16. The number of carbonyl (C=O) groups excluding carboxylic acids is 1. The van der Waals surface area contributed by atoms with Crippen molar-refractivity contribution in [1.82, 2.24) is 10.4 Å². The molecule has 6 heteroatoms. The van der Waals surface area contributed by atoms with Gasteiger partial charge in [0, 0.05) is 6.54 Å². The van der Waals surface area contributed by atoms with E-state index in [0.717, 1.165) is 6.42 Å². The molecule has 0 radical (unpaired) electrons. The zero-order valence-electron chi connectivity index (χ0n) is 13.0. The maximum atomic E-state index is 12.3. The highest BCUT2D eigenvalue weighted by molar-refractivity contribution is 7.63. The molecule has 5 nitrogen and oxygen atoms in total. The van der Waals surface area contributed by atoms with Gasteiger partial charge in [-0.25, -0.2) is 5.06 Å². The SMILES string of the molecule is CCN(O)C(=O)CNC(CCc1ccccc1)P(C)(C)=O. The van der Waals surface area contributed by atoms with Crippen LogP contribution in [-0.2, 0) is 15.8 Å². The highest BCUT2D eigenvalue weighted by Crippen LogP contribution is 2.42. The summed E-state index contributed by atoms with van der Waals surface area (Å²) < 4.78 is 12.3. The Labute approximate surface area is 126 Å². The lowest BCUT2D eigenvalue weighted by Crippen LogP contribution is -2.40. The van der Waals surface area contributed by atoms with Gasteiger partial charge in [0.25, 0.3) is 5.91 Å². The molecule has 0 aliphatic heterocycles. The number of benzene rings is 1. The van der Waals surface area contributed by atoms with Gasteiger partial charge in [0.15, 0.2) is 0 Å². The smallest absolute Gasteiger partial charge is 0.259 e. The first-order chi connectivity index (χ1) is 9.84. The largest absolute Gasteiger partial charge is 0.323 e. The number of carbonyl (C=O) groups is 1. The van der Waals surface area contributed by atoms with Crippen LogP contribution in [0.2, 0.25) is 0 Å². The molecule has 0 fully saturated rings. The molecular formula is C15H25N2O3P. The lowest BCUT2D eigenvalue weighted by molar-refractivity contribution is -0.163. The minimum Gasteiger partial charge on any atom is -0.323 e. The number of likely N-dealkylation sites (N-methyl/N-ethyl adjacent to an activating group) is 1. The molecule has 1 aromatic carbocycles. The van der Waals surface area contributed by atoms with E-state index in [1.54, 1.807) is 20.3 Å². The Bertz CT molecular complexity index is 487. The molecule has 21 heavy (non-hydrogen) atoms. The molecule has 0 aliphatic carbocycles. The predicted octanol–water partition coefficient (Wildman–Crippen LogP) is 2.40. The van der Waals surface area contributed by atoms with Crippen LogP contribution < -0.4 is 5.32 Å². The molecule has 0 saturated heterocycles. The number of hydrogen-bond acceptors (Lipinski definition) is 4. The summed E-state index contributed by atoms with van der Waals surface area (Å²) in [6, 6.07) is 9.98. The van der Waals surface area contributed by atoms with Gasteiger partial charge in [-0.2, -0.15) is 0 Å². The van der Waals surface area contributed by atoms with E-state index in [9.17, 15) is 14.6 Å². The van der Waals surface area contributed by atoms with Crippen molar-refractivity contribution < 1.29 is 14.6 Å². The molecular weight excluding hydrogens is 287 g/mol. The zero-order valence-corrected chi connectivity index (χ0v) is 13.8. The first-order valence-electron chi connectivity index (χ1n) is 7.15. The number of nitrogens with zero attached hydrogens (tertiary/aromatic N) is 1. The molecule has 0 aliphatic rings. The van der Waals surface area contributed by atoms with Crippen LogP contribution in [0, 0.1) is 0 Å². The third-order valence-corrected chi connectivity index (χ3v) is 5.32. The van der Waals surface area contributed by atoms with Gasteiger partial charge in [-0.3, -0.25) is 15.3 Å². The van der Waals surface area contributed by atoms with Crippen LogP contribution in [0.3, 0.4) is 0 Å². The Morgan fingerprint density at radius 3 is 2.48 bits per heavy atom. The van der Waals surface area contributed by atoms with Crippen LogP contribution >= 0.6 is 7.14 Å². The molecule has 1 amide bonds. The minimum atomic E-state index is -2.37. The first-order valence-corrected chi connectivity index (χ1v) is 9.82. The maximum absolute atomic E-state index is 12.3. The molecule has 0 aromatic heterocycles. The highest BCUT2D eigenvalue weighted by Gasteiger charge is 2.23. The topological polar surface area (TPSA) is 69.6 Å². The van der Waals surface area contributed by atoms with E-state index in [1.807, 2.05) is 30.3 Å². The average Bonchev–Trinajstić information content (AvgIpc) is 2.45. The lowest BCUT2D eigenvalue weighted by Gasteiger charge is -2.23. The monoisotopic (exact) mass is 312 g/mol. The number of aryl methyl sites for hydroxylation is 1. The van der Waals surface area contributed by atoms with Gasteiger partial charge >= 0.3 is 0 Å². The second-order valence-corrected chi connectivity index (χ2v) is 8.96. The maximum Gasteiger partial charge on any atom is 0.259 e. The quantitative estimate of drug-likeness (QED) is 0.439. The normalized spacial score (nSPS) is 13.0. The molecule has 0 bridgehead atoms. The van der Waals surface area contributed by atoms with Crippen molar-refractivity contribution >= 4 is 13.0 Å². The van der Waals surface area contributed by atoms with Crippen molar-refractivity contribution in [3.05, 3.63) is 35.9 Å². The summed E-state index contributed by atoms with van der Waals surface area (Å²) in [5, 5.41) is 13.0. The number of amides is 1. The molecule has 1 aromatic rings. The number of hydrogen-bond donors (Lipinski definition) is 2. The van der Waals surface area contributed by atoms with E-state index in [4.69, 9.17) is 0 Å². The second-order valence-electron chi connectivity index (χ2n) is 5.46. The molecule has 1 rings (SSSR count). The summed E-state index contributed by atoms with van der Waals surface area (Å²) in [4.78, 5) is 11.6. The number of nitrogens with one attached hydrogen (secondary N) is 1. The number of hydroxylamine groups is 2. The Morgan fingerprint density at radius 2 is 1.95 bits per heavy atom. The van der Waals surface area contributed by atoms with E-state index in [1.165, 1.54) is 5.56 Å². The fourth-order valence-corrected chi connectivity index (χ4v) is 3.34. The van der Waals surface area contributed by atoms with Crippen LogP contribution in [0.4, 0.5) is 0 Å². The molecule has 1 atom stereocenters. The standard InChI is InChI=1S/C15H25N2O3P/c1-4-17(19)15(18)12-16-14(21(2,3)20)11-10-13-8-6-5-7-9-13/h5-9,14,16,19H,4,10-12H2,1-3H3. The molecule has 118 valence electrons. The van der Waals surface area contributed by atoms with Gasteiger partial charge in [0.1, 0.15) is 0 Å². The summed E-state index contributed by atoms with van der Waals surface area (Å²) in [7, 11) is -2.37. The summed E-state index contributed by atoms with van der Waals surface area (Å²) in [6.07, 6.45) is 1.49. The summed E-state index contributed by atoms with van der Waals surface area (Å²) in [6.45, 7) is 5.36. The molecule has 0 heterocycles. The van der Waals surface area contributed by atoms with E-state index in [-0.39, 0.29) is 18.9 Å². The van der Waals surface area contributed by atoms with Crippen molar-refractivity contribution in [2.75, 3.05) is 26.4 Å². The van der Waals surface area contributed by atoms with Crippen LogP contribution in [0.25, 0.3) is 0 Å². The summed E-state index contributed by atoms with van der Waals surface area (Å²) in [5.41, 5.74) is 1.18. The Kier molecular flexibility index (Phi) is 7.09. The number of rotatable bonds is 8. The van der Waals surface area contributed by atoms with Crippen molar-refractivity contribution in [1.29, 1.82) is 0 Å². The van der Waals surface area contributed by atoms with Crippen LogP contribution in [0.15, 0.2) is 30.3 Å². The van der Waals surface area contributed by atoms with Crippen LogP contribution in [0.1, 0.15) is 18.9 Å². The fourth-order valence-electron chi connectivity index (χ4n) is 2.05. The van der Waals surface area contributed by atoms with Gasteiger partial charge in [0.05, 0.1) is 19.5 Å². The minimum absolute atomic E-state index is 0.00450. The van der Waals surface area contributed by atoms with E-state index in [2.05, 4.69) is 5.32 Å². The lowest BCUT2D eigenvalue weighted by atomic mass is 10.1.